The van der Waals surface area contributed by atoms with Crippen LogP contribution in [-0.4, -0.2) is 51.4 Å². The molecule has 1 aromatic rings. The van der Waals surface area contributed by atoms with Crippen LogP contribution in [0.25, 0.3) is 0 Å². The summed E-state index contributed by atoms with van der Waals surface area (Å²) in [4.78, 5) is 43.2. The number of benzene rings is 1. The van der Waals surface area contributed by atoms with Crippen LogP contribution in [0.1, 0.15) is 59.8 Å². The number of nitrogens with zero attached hydrogens (tertiary/aromatic N) is 1. The minimum absolute atomic E-state index is 0.0885. The van der Waals surface area contributed by atoms with Crippen molar-refractivity contribution in [2.45, 2.75) is 88.6 Å². The van der Waals surface area contributed by atoms with E-state index in [0.29, 0.717) is 15.7 Å². The van der Waals surface area contributed by atoms with Gasteiger partial charge in [-0.15, -0.1) is 0 Å². The Balaban J connectivity index is 1.49. The zero-order chi connectivity index (χ0) is 26.0. The van der Waals surface area contributed by atoms with Crippen LogP contribution < -0.4 is 10.6 Å². The molecule has 0 radical (unpaired) electrons. The van der Waals surface area contributed by atoms with Gasteiger partial charge in [-0.2, -0.15) is 0 Å². The van der Waals surface area contributed by atoms with Crippen molar-refractivity contribution in [1.29, 1.82) is 0 Å². The number of hydrogen-bond acceptors (Lipinski definition) is 4. The smallest absolute Gasteiger partial charge is 0.246 e. The highest BCUT2D eigenvalue weighted by Gasteiger charge is 2.77. The molecule has 194 valence electrons. The van der Waals surface area contributed by atoms with E-state index in [2.05, 4.69) is 10.6 Å². The monoisotopic (exact) mass is 533 g/mol. The van der Waals surface area contributed by atoms with E-state index in [1.165, 1.54) is 6.42 Å². The van der Waals surface area contributed by atoms with Crippen molar-refractivity contribution < 1.29 is 19.1 Å². The van der Waals surface area contributed by atoms with Crippen molar-refractivity contribution in [3.05, 3.63) is 40.4 Å². The maximum Gasteiger partial charge on any atom is 0.246 e. The SMILES string of the molecule is CC(C)(C)N1C(=O)[C@@H]2[C@H](C(=O)Nc3ccc(Cl)c(Cl)c3)[C@]3(C)C=C[C@@]2(O3)[C@@H]1C(=O)NC1CCCCC1. The highest BCUT2D eigenvalue weighted by atomic mass is 35.5. The highest BCUT2D eigenvalue weighted by molar-refractivity contribution is 6.42. The van der Waals surface area contributed by atoms with Gasteiger partial charge < -0.3 is 20.3 Å². The van der Waals surface area contributed by atoms with E-state index in [4.69, 9.17) is 27.9 Å². The largest absolute Gasteiger partial charge is 0.356 e. The molecule has 9 heteroatoms. The van der Waals surface area contributed by atoms with Crippen molar-refractivity contribution in [2.75, 3.05) is 5.32 Å². The standard InChI is InChI=1S/C27H33Cl2N3O4/c1-25(2,3)32-21(23(34)30-15-8-6-5-7-9-15)27-13-12-26(4,36-27)19(20(27)24(32)35)22(33)31-16-10-11-17(28)18(29)14-16/h10-15,19-21H,5-9H2,1-4H3,(H,30,34)(H,31,33)/t19-,20+,21+,26+,27+/m1/s1. The van der Waals surface area contributed by atoms with Crippen molar-refractivity contribution in [2.24, 2.45) is 11.8 Å². The first-order valence-corrected chi connectivity index (χ1v) is 13.4. The molecule has 0 unspecified atom stereocenters. The minimum atomic E-state index is -1.21. The molecule has 5 rings (SSSR count). The number of carbonyl (C=O) groups excluding carboxylic acids is 3. The molecule has 5 atom stereocenters. The molecule has 1 saturated carbocycles. The first kappa shape index (κ1) is 25.6. The van der Waals surface area contributed by atoms with Crippen LogP contribution in [0.15, 0.2) is 30.4 Å². The molecule has 3 heterocycles. The molecule has 3 fully saturated rings. The summed E-state index contributed by atoms with van der Waals surface area (Å²) in [7, 11) is 0. The van der Waals surface area contributed by atoms with E-state index in [9.17, 15) is 14.4 Å². The summed E-state index contributed by atoms with van der Waals surface area (Å²) >= 11 is 12.2. The summed E-state index contributed by atoms with van der Waals surface area (Å²) in [5.41, 5.74) is -2.40. The number of carbonyl (C=O) groups is 3. The molecule has 3 aliphatic heterocycles. The van der Waals surface area contributed by atoms with Gasteiger partial charge in [-0.05, 0) is 58.7 Å². The Bertz CT molecular complexity index is 1140. The van der Waals surface area contributed by atoms with Crippen molar-refractivity contribution in [3.63, 3.8) is 0 Å². The lowest BCUT2D eigenvalue weighted by atomic mass is 9.70. The van der Waals surface area contributed by atoms with Gasteiger partial charge in [-0.25, -0.2) is 0 Å². The fraction of sp³-hybridized carbons (Fsp3) is 0.593. The second kappa shape index (κ2) is 8.74. The summed E-state index contributed by atoms with van der Waals surface area (Å²) in [5, 5.41) is 6.79. The van der Waals surface area contributed by atoms with Crippen LogP contribution in [-0.2, 0) is 19.1 Å². The lowest BCUT2D eigenvalue weighted by Gasteiger charge is -2.41. The summed E-state index contributed by atoms with van der Waals surface area (Å²) < 4.78 is 6.56. The average molecular weight is 534 g/mol. The lowest BCUT2D eigenvalue weighted by molar-refractivity contribution is -0.149. The zero-order valence-corrected chi connectivity index (χ0v) is 22.6. The van der Waals surface area contributed by atoms with Crippen LogP contribution in [0.2, 0.25) is 10.0 Å². The maximum atomic E-state index is 14.0. The molecule has 1 spiro atoms. The fourth-order valence-corrected chi connectivity index (χ4v) is 6.87. The predicted molar refractivity (Wildman–Crippen MR) is 139 cm³/mol. The number of halogens is 2. The van der Waals surface area contributed by atoms with Crippen LogP contribution >= 0.6 is 23.2 Å². The first-order valence-electron chi connectivity index (χ1n) is 12.7. The molecular formula is C27H33Cl2N3O4. The van der Waals surface area contributed by atoms with E-state index >= 15 is 0 Å². The Labute approximate surface area is 221 Å². The fourth-order valence-electron chi connectivity index (χ4n) is 6.57. The third kappa shape index (κ3) is 3.95. The third-order valence-corrected chi connectivity index (χ3v) is 8.83. The molecule has 4 aliphatic rings. The van der Waals surface area contributed by atoms with Crippen LogP contribution in [0, 0.1) is 11.8 Å². The Morgan fingerprint density at radius 3 is 2.39 bits per heavy atom. The topological polar surface area (TPSA) is 87.7 Å². The quantitative estimate of drug-likeness (QED) is 0.548. The molecular weight excluding hydrogens is 501 g/mol. The number of anilines is 1. The Morgan fingerprint density at radius 1 is 1.06 bits per heavy atom. The van der Waals surface area contributed by atoms with Crippen LogP contribution in [0.4, 0.5) is 5.69 Å². The van der Waals surface area contributed by atoms with E-state index < -0.39 is 34.6 Å². The van der Waals surface area contributed by atoms with Crippen LogP contribution in [0.3, 0.4) is 0 Å². The maximum absolute atomic E-state index is 14.0. The Kier molecular flexibility index (Phi) is 6.21. The molecule has 1 aromatic carbocycles. The summed E-state index contributed by atoms with van der Waals surface area (Å²) in [5.74, 6) is -2.46. The Morgan fingerprint density at radius 2 is 1.75 bits per heavy atom. The molecule has 2 saturated heterocycles. The Hall–Kier alpha value is -2.09. The van der Waals surface area contributed by atoms with Crippen molar-refractivity contribution in [3.8, 4) is 0 Å². The van der Waals surface area contributed by atoms with Gasteiger partial charge in [0.2, 0.25) is 17.7 Å². The normalized spacial score (nSPS) is 33.7. The summed E-state index contributed by atoms with van der Waals surface area (Å²) in [6, 6.07) is 4.06. The zero-order valence-electron chi connectivity index (χ0n) is 21.1. The molecule has 2 N–H and O–H groups in total. The summed E-state index contributed by atoms with van der Waals surface area (Å²) in [6.45, 7) is 7.53. The number of fused-ring (bicyclic) bond motifs is 1. The second-order valence-electron chi connectivity index (χ2n) is 11.7. The second-order valence-corrected chi connectivity index (χ2v) is 12.5. The number of hydrogen-bond donors (Lipinski definition) is 2. The van der Waals surface area contributed by atoms with E-state index in [1.54, 1.807) is 30.0 Å². The highest BCUT2D eigenvalue weighted by Crippen LogP contribution is 2.60. The van der Waals surface area contributed by atoms with Gasteiger partial charge in [0, 0.05) is 17.3 Å². The molecule has 1 aliphatic carbocycles. The molecule has 0 aromatic heterocycles. The number of likely N-dealkylation sites (tertiary alicyclic amines) is 1. The van der Waals surface area contributed by atoms with Gasteiger partial charge in [-0.1, -0.05) is 54.6 Å². The number of ether oxygens (including phenoxy) is 1. The van der Waals surface area contributed by atoms with Crippen molar-refractivity contribution in [1.82, 2.24) is 10.2 Å². The van der Waals surface area contributed by atoms with Crippen LogP contribution in [0.5, 0.6) is 0 Å². The molecule has 7 nitrogen and oxygen atoms in total. The van der Waals surface area contributed by atoms with Gasteiger partial charge >= 0.3 is 0 Å². The van der Waals surface area contributed by atoms with Gasteiger partial charge in [0.15, 0.2) is 0 Å². The number of amides is 3. The number of rotatable bonds is 4. The van der Waals surface area contributed by atoms with E-state index in [1.807, 2.05) is 32.9 Å². The summed E-state index contributed by atoms with van der Waals surface area (Å²) in [6.07, 6.45) is 8.88. The lowest BCUT2D eigenvalue weighted by Crippen LogP contribution is -2.60. The first-order chi connectivity index (χ1) is 16.9. The van der Waals surface area contributed by atoms with Gasteiger partial charge in [0.25, 0.3) is 0 Å². The van der Waals surface area contributed by atoms with Gasteiger partial charge in [-0.3, -0.25) is 14.4 Å². The minimum Gasteiger partial charge on any atom is -0.356 e. The molecule has 2 bridgehead atoms. The molecule has 36 heavy (non-hydrogen) atoms. The van der Waals surface area contributed by atoms with E-state index in [0.717, 1.165) is 25.7 Å². The number of nitrogens with one attached hydrogen (secondary N) is 2. The molecule has 3 amide bonds. The average Bonchev–Trinajstić information content (AvgIpc) is 3.37. The van der Waals surface area contributed by atoms with Gasteiger partial charge in [0.1, 0.15) is 11.6 Å². The predicted octanol–water partition coefficient (Wildman–Crippen LogP) is 4.72. The van der Waals surface area contributed by atoms with E-state index in [-0.39, 0.29) is 23.8 Å². The van der Waals surface area contributed by atoms with Gasteiger partial charge in [0.05, 0.1) is 27.5 Å². The third-order valence-electron chi connectivity index (χ3n) is 8.09. The van der Waals surface area contributed by atoms with Crippen molar-refractivity contribution >= 4 is 46.6 Å².